The second kappa shape index (κ2) is 5.10. The summed E-state index contributed by atoms with van der Waals surface area (Å²) in [7, 11) is 1.59. The highest BCUT2D eigenvalue weighted by molar-refractivity contribution is 5.75. The third-order valence-electron chi connectivity index (χ3n) is 1.80. The molecule has 1 heterocycles. The molecule has 88 valence electrons. The fourth-order valence-corrected chi connectivity index (χ4v) is 1.12. The van der Waals surface area contributed by atoms with E-state index in [2.05, 4.69) is 15.0 Å². The van der Waals surface area contributed by atoms with Crippen LogP contribution in [0.15, 0.2) is 6.33 Å². The average Bonchev–Trinajstić information content (AvgIpc) is 2.57. The van der Waals surface area contributed by atoms with Gasteiger partial charge >= 0.3 is 11.8 Å². The Bertz CT molecular complexity index is 401. The van der Waals surface area contributed by atoms with Crippen LogP contribution in [0.3, 0.4) is 0 Å². The van der Waals surface area contributed by atoms with Gasteiger partial charge in [-0.05, 0) is 16.8 Å². The lowest BCUT2D eigenvalue weighted by atomic mass is 10.5. The van der Waals surface area contributed by atoms with Gasteiger partial charge in [0.15, 0.2) is 0 Å². The predicted molar refractivity (Wildman–Crippen MR) is 55.0 cm³/mol. The smallest absolute Gasteiger partial charge is 0.406 e. The van der Waals surface area contributed by atoms with Crippen LogP contribution in [-0.2, 0) is 16.6 Å². The molecule has 1 aromatic heterocycles. The zero-order chi connectivity index (χ0) is 12.1. The monoisotopic (exact) mass is 228 g/mol. The van der Waals surface area contributed by atoms with Crippen LogP contribution in [0.2, 0.25) is 0 Å². The first-order valence-corrected chi connectivity index (χ1v) is 4.61. The Morgan fingerprint density at radius 2 is 2.44 bits per heavy atom. The third-order valence-corrected chi connectivity index (χ3v) is 1.80. The Labute approximate surface area is 91.4 Å². The van der Waals surface area contributed by atoms with Crippen molar-refractivity contribution in [2.45, 2.75) is 6.92 Å². The minimum Gasteiger partial charge on any atom is -0.465 e. The van der Waals surface area contributed by atoms with Crippen LogP contribution in [0.25, 0.3) is 0 Å². The van der Waals surface area contributed by atoms with Crippen molar-refractivity contribution >= 4 is 17.6 Å². The van der Waals surface area contributed by atoms with E-state index >= 15 is 0 Å². The Morgan fingerprint density at radius 1 is 1.75 bits per heavy atom. The summed E-state index contributed by atoms with van der Waals surface area (Å²) in [6.07, 6.45) is 1.30. The fraction of sp³-hybridized carbons (Fsp3) is 0.500. The predicted octanol–water partition coefficient (Wildman–Crippen LogP) is 0.303. The second-order valence-corrected chi connectivity index (χ2v) is 2.94. The topological polar surface area (TPSA) is 99.3 Å². The number of ether oxygens (including phenoxy) is 1. The van der Waals surface area contributed by atoms with Crippen LogP contribution in [-0.4, -0.2) is 33.6 Å². The molecule has 0 aromatic carbocycles. The van der Waals surface area contributed by atoms with Crippen molar-refractivity contribution in [1.82, 2.24) is 9.55 Å². The number of carbonyl (C=O) groups is 1. The molecule has 0 aliphatic heterocycles. The number of hydrogen-bond acceptors (Lipinski definition) is 6. The minimum absolute atomic E-state index is 0.131. The molecule has 1 N–H and O–H groups in total. The standard InChI is InChI=1S/C8H12N4O4/c1-3-16-6(13)4-9-7-8(12(14)15)10-5-11(7)2/h5,9H,3-4H2,1-2H3. The van der Waals surface area contributed by atoms with Crippen molar-refractivity contribution in [3.63, 3.8) is 0 Å². The first-order chi connectivity index (χ1) is 7.56. The van der Waals surface area contributed by atoms with Crippen LogP contribution in [0.5, 0.6) is 0 Å². The molecule has 0 bridgehead atoms. The van der Waals surface area contributed by atoms with Gasteiger partial charge in [0.2, 0.25) is 12.1 Å². The molecule has 8 heteroatoms. The molecular weight excluding hydrogens is 216 g/mol. The van der Waals surface area contributed by atoms with E-state index in [0.29, 0.717) is 0 Å². The molecule has 1 aromatic rings. The van der Waals surface area contributed by atoms with Gasteiger partial charge in [0, 0.05) is 7.05 Å². The van der Waals surface area contributed by atoms with Gasteiger partial charge in [-0.1, -0.05) is 0 Å². The number of nitro groups is 1. The van der Waals surface area contributed by atoms with Gasteiger partial charge in [-0.25, -0.2) is 0 Å². The molecule has 1 rings (SSSR count). The first-order valence-electron chi connectivity index (χ1n) is 4.61. The number of nitrogens with one attached hydrogen (secondary N) is 1. The average molecular weight is 228 g/mol. The van der Waals surface area contributed by atoms with Gasteiger partial charge in [0.25, 0.3) is 0 Å². The molecule has 8 nitrogen and oxygen atoms in total. The number of imidazole rings is 1. The number of rotatable bonds is 5. The van der Waals surface area contributed by atoms with E-state index in [1.807, 2.05) is 0 Å². The molecule has 0 spiro atoms. The summed E-state index contributed by atoms with van der Waals surface area (Å²) in [6, 6.07) is 0. The van der Waals surface area contributed by atoms with Crippen LogP contribution in [0.4, 0.5) is 11.6 Å². The van der Waals surface area contributed by atoms with E-state index < -0.39 is 10.9 Å². The molecule has 0 unspecified atom stereocenters. The van der Waals surface area contributed by atoms with Crippen molar-refractivity contribution in [1.29, 1.82) is 0 Å². The summed E-state index contributed by atoms with van der Waals surface area (Å²) < 4.78 is 6.11. The largest absolute Gasteiger partial charge is 0.465 e. The van der Waals surface area contributed by atoms with Gasteiger partial charge in [-0.3, -0.25) is 9.36 Å². The molecule has 0 radical (unpaired) electrons. The quantitative estimate of drug-likeness (QED) is 0.442. The summed E-state index contributed by atoms with van der Waals surface area (Å²) in [5, 5.41) is 13.2. The fourth-order valence-electron chi connectivity index (χ4n) is 1.12. The molecule has 0 fully saturated rings. The molecule has 0 aliphatic carbocycles. The highest BCUT2D eigenvalue weighted by Crippen LogP contribution is 2.20. The number of hydrogen-bond donors (Lipinski definition) is 1. The van der Waals surface area contributed by atoms with E-state index in [1.54, 1.807) is 14.0 Å². The van der Waals surface area contributed by atoms with Gasteiger partial charge < -0.3 is 20.2 Å². The third kappa shape index (κ3) is 2.69. The number of nitrogens with zero attached hydrogens (tertiary/aromatic N) is 3. The molecule has 0 amide bonds. The SMILES string of the molecule is CCOC(=O)CNc1c([N+](=O)[O-])ncn1C. The zero-order valence-corrected chi connectivity index (χ0v) is 8.97. The number of esters is 1. The zero-order valence-electron chi connectivity index (χ0n) is 8.97. The summed E-state index contributed by atoms with van der Waals surface area (Å²) in [5.74, 6) is -0.608. The number of carbonyl (C=O) groups excluding carboxylic acids is 1. The van der Waals surface area contributed by atoms with E-state index in [4.69, 9.17) is 0 Å². The highest BCUT2D eigenvalue weighted by Gasteiger charge is 2.20. The maximum atomic E-state index is 11.0. The van der Waals surface area contributed by atoms with Gasteiger partial charge in [0.05, 0.1) is 6.61 Å². The maximum absolute atomic E-state index is 11.0. The summed E-state index contributed by atoms with van der Waals surface area (Å²) in [5.41, 5.74) is 0. The summed E-state index contributed by atoms with van der Waals surface area (Å²) >= 11 is 0. The van der Waals surface area contributed by atoms with Crippen molar-refractivity contribution in [2.24, 2.45) is 7.05 Å². The lowest BCUT2D eigenvalue weighted by molar-refractivity contribution is -0.388. The van der Waals surface area contributed by atoms with Crippen LogP contribution in [0, 0.1) is 10.1 Å². The maximum Gasteiger partial charge on any atom is 0.406 e. The lowest BCUT2D eigenvalue weighted by Crippen LogP contribution is -2.18. The van der Waals surface area contributed by atoms with Gasteiger partial charge in [-0.15, -0.1) is 0 Å². The van der Waals surface area contributed by atoms with Crippen LogP contribution < -0.4 is 5.32 Å². The van der Waals surface area contributed by atoms with E-state index in [-0.39, 0.29) is 24.8 Å². The Morgan fingerprint density at radius 3 is 3.00 bits per heavy atom. The Hall–Kier alpha value is -2.12. The minimum atomic E-state index is -0.618. The van der Waals surface area contributed by atoms with Crippen molar-refractivity contribution < 1.29 is 14.5 Å². The summed E-state index contributed by atoms with van der Waals surface area (Å²) in [6.45, 7) is 1.83. The van der Waals surface area contributed by atoms with E-state index in [9.17, 15) is 14.9 Å². The Balaban J connectivity index is 2.69. The van der Waals surface area contributed by atoms with Gasteiger partial charge in [0.1, 0.15) is 6.54 Å². The van der Waals surface area contributed by atoms with Gasteiger partial charge in [-0.2, -0.15) is 0 Å². The molecule has 0 saturated heterocycles. The van der Waals surface area contributed by atoms with Crippen molar-refractivity contribution in [2.75, 3.05) is 18.5 Å². The Kier molecular flexibility index (Phi) is 3.81. The number of aryl methyl sites for hydroxylation is 1. The number of aromatic nitrogens is 2. The molecular formula is C8H12N4O4. The second-order valence-electron chi connectivity index (χ2n) is 2.94. The number of anilines is 1. The molecule has 0 saturated carbocycles. The van der Waals surface area contributed by atoms with E-state index in [1.165, 1.54) is 10.9 Å². The first kappa shape index (κ1) is 12.0. The van der Waals surface area contributed by atoms with Crippen LogP contribution >= 0.6 is 0 Å². The lowest BCUT2D eigenvalue weighted by Gasteiger charge is -2.05. The highest BCUT2D eigenvalue weighted by atomic mass is 16.6. The summed E-state index contributed by atoms with van der Waals surface area (Å²) in [4.78, 5) is 24.6. The molecule has 16 heavy (non-hydrogen) atoms. The van der Waals surface area contributed by atoms with Crippen molar-refractivity contribution in [3.05, 3.63) is 16.4 Å². The molecule has 0 aliphatic rings. The normalized spacial score (nSPS) is 9.88. The van der Waals surface area contributed by atoms with Crippen molar-refractivity contribution in [3.8, 4) is 0 Å². The molecule has 0 atom stereocenters. The van der Waals surface area contributed by atoms with Crippen LogP contribution in [0.1, 0.15) is 6.92 Å². The van der Waals surface area contributed by atoms with E-state index in [0.717, 1.165) is 0 Å².